The number of nitro groups is 1. The zero-order chi connectivity index (χ0) is 13.2. The van der Waals surface area contributed by atoms with E-state index in [1.807, 2.05) is 0 Å². The van der Waals surface area contributed by atoms with Gasteiger partial charge in [-0.05, 0) is 18.9 Å². The van der Waals surface area contributed by atoms with Gasteiger partial charge in [0.2, 0.25) is 0 Å². The molecule has 98 valence electrons. The van der Waals surface area contributed by atoms with E-state index >= 15 is 0 Å². The second kappa shape index (κ2) is 8.16. The molecular weight excluding hydrogens is 232 g/mol. The molecule has 0 fully saturated rings. The van der Waals surface area contributed by atoms with Gasteiger partial charge in [0.25, 0.3) is 5.69 Å². The third-order valence-corrected chi connectivity index (χ3v) is 2.42. The maximum Gasteiger partial charge on any atom is 0.287 e. The summed E-state index contributed by atoms with van der Waals surface area (Å²) in [6.45, 7) is 2.18. The first-order valence-electron chi connectivity index (χ1n) is 6.12. The first-order chi connectivity index (χ1) is 8.74. The van der Waals surface area contributed by atoms with E-state index in [0.717, 1.165) is 12.8 Å². The molecule has 0 amide bonds. The predicted octanol–water partition coefficient (Wildman–Crippen LogP) is 3.36. The second-order valence-electron chi connectivity index (χ2n) is 3.93. The van der Waals surface area contributed by atoms with Gasteiger partial charge in [-0.25, -0.2) is 4.98 Å². The highest BCUT2D eigenvalue weighted by molar-refractivity contribution is 5.58. The van der Waals surface area contributed by atoms with E-state index in [4.69, 9.17) is 0 Å². The van der Waals surface area contributed by atoms with E-state index in [2.05, 4.69) is 22.4 Å². The van der Waals surface area contributed by atoms with E-state index in [-0.39, 0.29) is 5.69 Å². The maximum atomic E-state index is 10.4. The monoisotopic (exact) mass is 250 g/mol. The van der Waals surface area contributed by atoms with Crippen molar-refractivity contribution in [2.24, 2.45) is 5.10 Å². The Morgan fingerprint density at radius 2 is 2.28 bits per heavy atom. The van der Waals surface area contributed by atoms with Crippen LogP contribution in [0.5, 0.6) is 0 Å². The van der Waals surface area contributed by atoms with Crippen LogP contribution in [0.1, 0.15) is 39.0 Å². The molecule has 0 spiro atoms. The van der Waals surface area contributed by atoms with Crippen LogP contribution < -0.4 is 5.43 Å². The molecule has 1 heterocycles. The fourth-order valence-electron chi connectivity index (χ4n) is 1.40. The first kappa shape index (κ1) is 14.1. The lowest BCUT2D eigenvalue weighted by atomic mass is 10.2. The lowest BCUT2D eigenvalue weighted by Crippen LogP contribution is -1.94. The Morgan fingerprint density at radius 1 is 1.44 bits per heavy atom. The molecule has 1 rings (SSSR count). The summed E-state index contributed by atoms with van der Waals surface area (Å²) < 4.78 is 0. The highest BCUT2D eigenvalue weighted by atomic mass is 16.6. The van der Waals surface area contributed by atoms with E-state index in [0.29, 0.717) is 5.82 Å². The summed E-state index contributed by atoms with van der Waals surface area (Å²) >= 11 is 0. The zero-order valence-corrected chi connectivity index (χ0v) is 10.5. The van der Waals surface area contributed by atoms with Crippen molar-refractivity contribution in [3.05, 3.63) is 28.4 Å². The quantitative estimate of drug-likeness (QED) is 0.332. The van der Waals surface area contributed by atoms with Gasteiger partial charge < -0.3 is 0 Å². The minimum atomic E-state index is -0.478. The summed E-state index contributed by atoms with van der Waals surface area (Å²) in [7, 11) is 0. The number of hydrogen-bond donors (Lipinski definition) is 1. The highest BCUT2D eigenvalue weighted by Gasteiger charge is 2.03. The van der Waals surface area contributed by atoms with Gasteiger partial charge >= 0.3 is 0 Å². The van der Waals surface area contributed by atoms with Crippen LogP contribution in [0.2, 0.25) is 0 Å². The molecule has 6 heteroatoms. The van der Waals surface area contributed by atoms with Gasteiger partial charge in [-0.3, -0.25) is 15.5 Å². The molecule has 0 saturated heterocycles. The van der Waals surface area contributed by atoms with Gasteiger partial charge in [0.15, 0.2) is 0 Å². The number of unbranched alkanes of at least 4 members (excludes halogenated alkanes) is 4. The van der Waals surface area contributed by atoms with E-state index in [9.17, 15) is 10.1 Å². The summed E-state index contributed by atoms with van der Waals surface area (Å²) in [6.07, 6.45) is 8.77. The van der Waals surface area contributed by atoms with Crippen molar-refractivity contribution in [1.29, 1.82) is 0 Å². The van der Waals surface area contributed by atoms with Crippen molar-refractivity contribution < 1.29 is 4.92 Å². The number of nitrogens with one attached hydrogen (secondary N) is 1. The molecule has 1 aromatic rings. The van der Waals surface area contributed by atoms with Crippen molar-refractivity contribution in [1.82, 2.24) is 4.98 Å². The number of hydrogen-bond acceptors (Lipinski definition) is 5. The molecule has 18 heavy (non-hydrogen) atoms. The highest BCUT2D eigenvalue weighted by Crippen LogP contribution is 2.11. The summed E-state index contributed by atoms with van der Waals surface area (Å²) in [5.41, 5.74) is 2.71. The molecule has 0 atom stereocenters. The molecule has 0 aliphatic rings. The van der Waals surface area contributed by atoms with Crippen molar-refractivity contribution in [2.75, 3.05) is 5.43 Å². The Morgan fingerprint density at radius 3 is 2.89 bits per heavy atom. The minimum absolute atomic E-state index is 0.0240. The van der Waals surface area contributed by atoms with E-state index < -0.39 is 4.92 Å². The molecule has 0 aliphatic carbocycles. The molecule has 0 radical (unpaired) electrons. The molecule has 0 unspecified atom stereocenters. The van der Waals surface area contributed by atoms with E-state index in [1.165, 1.54) is 37.6 Å². The van der Waals surface area contributed by atoms with Crippen LogP contribution in [0.3, 0.4) is 0 Å². The SMILES string of the molecule is CCCCCC/C=N/Nc1ccc([N+](=O)[O-])cn1. The molecule has 1 aromatic heterocycles. The number of hydrazone groups is 1. The number of rotatable bonds is 8. The van der Waals surface area contributed by atoms with Crippen molar-refractivity contribution in [3.63, 3.8) is 0 Å². The largest absolute Gasteiger partial charge is 0.287 e. The standard InChI is InChI=1S/C12H18N4O2/c1-2-3-4-5-6-9-14-15-12-8-7-11(10-13-12)16(17)18/h7-10H,2-6H2,1H3,(H,13,15)/b14-9+. The number of anilines is 1. The molecular formula is C12H18N4O2. The maximum absolute atomic E-state index is 10.4. The number of nitrogens with zero attached hydrogens (tertiary/aromatic N) is 3. The Kier molecular flexibility index (Phi) is 6.38. The molecule has 1 N–H and O–H groups in total. The van der Waals surface area contributed by atoms with Crippen LogP contribution in [0.25, 0.3) is 0 Å². The third-order valence-electron chi connectivity index (χ3n) is 2.42. The van der Waals surface area contributed by atoms with Crippen molar-refractivity contribution in [3.8, 4) is 0 Å². The van der Waals surface area contributed by atoms with Gasteiger partial charge in [-0.2, -0.15) is 5.10 Å². The van der Waals surface area contributed by atoms with Crippen molar-refractivity contribution >= 4 is 17.7 Å². The predicted molar refractivity (Wildman–Crippen MR) is 71.8 cm³/mol. The smallest absolute Gasteiger partial charge is 0.262 e. The zero-order valence-electron chi connectivity index (χ0n) is 10.5. The Labute approximate surface area is 106 Å². The fraction of sp³-hybridized carbons (Fsp3) is 0.500. The van der Waals surface area contributed by atoms with Gasteiger partial charge in [-0.1, -0.05) is 26.2 Å². The van der Waals surface area contributed by atoms with Gasteiger partial charge in [0.1, 0.15) is 12.0 Å². The fourth-order valence-corrected chi connectivity index (χ4v) is 1.40. The molecule has 0 aliphatic heterocycles. The Bertz CT molecular complexity index is 390. The molecule has 0 saturated carbocycles. The topological polar surface area (TPSA) is 80.4 Å². The lowest BCUT2D eigenvalue weighted by Gasteiger charge is -1.98. The Balaban J connectivity index is 2.26. The summed E-state index contributed by atoms with van der Waals surface area (Å²) in [5.74, 6) is 0.505. The lowest BCUT2D eigenvalue weighted by molar-refractivity contribution is -0.385. The van der Waals surface area contributed by atoms with Crippen LogP contribution in [0, 0.1) is 10.1 Å². The second-order valence-corrected chi connectivity index (χ2v) is 3.93. The van der Waals surface area contributed by atoms with Crippen LogP contribution in [-0.4, -0.2) is 16.1 Å². The average molecular weight is 250 g/mol. The average Bonchev–Trinajstić information content (AvgIpc) is 2.38. The third kappa shape index (κ3) is 5.38. The van der Waals surface area contributed by atoms with E-state index in [1.54, 1.807) is 6.21 Å². The summed E-state index contributed by atoms with van der Waals surface area (Å²) in [4.78, 5) is 13.8. The summed E-state index contributed by atoms with van der Waals surface area (Å²) in [5, 5.41) is 14.4. The molecule has 0 bridgehead atoms. The Hall–Kier alpha value is -1.98. The molecule has 0 aromatic carbocycles. The van der Waals surface area contributed by atoms with Gasteiger partial charge in [-0.15, -0.1) is 0 Å². The van der Waals surface area contributed by atoms with Crippen LogP contribution >= 0.6 is 0 Å². The van der Waals surface area contributed by atoms with Crippen LogP contribution in [0.15, 0.2) is 23.4 Å². The van der Waals surface area contributed by atoms with Crippen LogP contribution in [0.4, 0.5) is 11.5 Å². The normalized spacial score (nSPS) is 10.7. The minimum Gasteiger partial charge on any atom is -0.262 e. The number of aromatic nitrogens is 1. The first-order valence-corrected chi connectivity index (χ1v) is 6.12. The van der Waals surface area contributed by atoms with Crippen molar-refractivity contribution in [2.45, 2.75) is 39.0 Å². The van der Waals surface area contributed by atoms with Gasteiger partial charge in [0, 0.05) is 12.3 Å². The molecule has 6 nitrogen and oxygen atoms in total. The van der Waals surface area contributed by atoms with Gasteiger partial charge in [0.05, 0.1) is 4.92 Å². The van der Waals surface area contributed by atoms with Crippen LogP contribution in [-0.2, 0) is 0 Å². The number of pyridine rings is 1. The summed E-state index contributed by atoms with van der Waals surface area (Å²) in [6, 6.07) is 2.93.